The van der Waals surface area contributed by atoms with Crippen LogP contribution in [0.4, 0.5) is 11.4 Å². The second kappa shape index (κ2) is 5.86. The molecule has 0 atom stereocenters. The molecule has 0 radical (unpaired) electrons. The molecule has 0 aromatic heterocycles. The summed E-state index contributed by atoms with van der Waals surface area (Å²) in [4.78, 5) is 12.7. The van der Waals surface area contributed by atoms with E-state index in [1.165, 1.54) is 0 Å². The van der Waals surface area contributed by atoms with Gasteiger partial charge in [0.2, 0.25) is 5.91 Å². The highest BCUT2D eigenvalue weighted by Gasteiger charge is 2.41. The molecule has 1 fully saturated rings. The van der Waals surface area contributed by atoms with Crippen LogP contribution in [0.15, 0.2) is 18.2 Å². The lowest BCUT2D eigenvalue weighted by Gasteiger charge is -2.29. The maximum Gasteiger partial charge on any atom is 0.230 e. The average molecular weight is 274 g/mol. The maximum atomic E-state index is 12.7. The molecule has 3 N–H and O–H groups in total. The van der Waals surface area contributed by atoms with Crippen LogP contribution in [0.2, 0.25) is 0 Å². The standard InChI is InChI=1S/C17H26N2O/c1-12(2)11-17(8-4-5-9-17)16(20)19-15-7-6-13(3)10-14(15)18/h6-7,10,12H,4-5,8-9,11,18H2,1-3H3,(H,19,20). The number of nitrogens with one attached hydrogen (secondary N) is 1. The molecule has 3 heteroatoms. The van der Waals surface area contributed by atoms with Crippen molar-refractivity contribution in [2.45, 2.75) is 52.9 Å². The van der Waals surface area contributed by atoms with E-state index in [4.69, 9.17) is 5.73 Å². The van der Waals surface area contributed by atoms with Crippen LogP contribution in [-0.4, -0.2) is 5.91 Å². The van der Waals surface area contributed by atoms with Crippen molar-refractivity contribution in [2.75, 3.05) is 11.1 Å². The summed E-state index contributed by atoms with van der Waals surface area (Å²) in [6.45, 7) is 6.38. The number of anilines is 2. The van der Waals surface area contributed by atoms with Crippen molar-refractivity contribution >= 4 is 17.3 Å². The summed E-state index contributed by atoms with van der Waals surface area (Å²) >= 11 is 0. The molecule has 1 aromatic rings. The van der Waals surface area contributed by atoms with Crippen molar-refractivity contribution < 1.29 is 4.79 Å². The van der Waals surface area contributed by atoms with Gasteiger partial charge in [0.25, 0.3) is 0 Å². The molecule has 3 nitrogen and oxygen atoms in total. The minimum atomic E-state index is -0.189. The van der Waals surface area contributed by atoms with E-state index in [0.717, 1.165) is 43.4 Å². The van der Waals surface area contributed by atoms with E-state index in [1.54, 1.807) is 0 Å². The Bertz CT molecular complexity index is 488. The molecule has 1 amide bonds. The van der Waals surface area contributed by atoms with Crippen LogP contribution in [0.5, 0.6) is 0 Å². The van der Waals surface area contributed by atoms with Gasteiger partial charge in [0, 0.05) is 5.41 Å². The lowest BCUT2D eigenvalue weighted by Crippen LogP contribution is -2.35. The van der Waals surface area contributed by atoms with Gasteiger partial charge in [0.1, 0.15) is 0 Å². The highest BCUT2D eigenvalue weighted by Crippen LogP contribution is 2.44. The first-order valence-corrected chi connectivity index (χ1v) is 7.60. The number of carbonyl (C=O) groups excluding carboxylic acids is 1. The molecule has 0 spiro atoms. The number of nitrogen functional groups attached to an aromatic ring is 1. The molecule has 1 saturated carbocycles. The van der Waals surface area contributed by atoms with Gasteiger partial charge in [-0.2, -0.15) is 0 Å². The van der Waals surface area contributed by atoms with Crippen molar-refractivity contribution in [1.29, 1.82) is 0 Å². The number of hydrogen-bond donors (Lipinski definition) is 2. The van der Waals surface area contributed by atoms with Crippen molar-refractivity contribution in [3.05, 3.63) is 23.8 Å². The first-order valence-electron chi connectivity index (χ1n) is 7.60. The fraction of sp³-hybridized carbons (Fsp3) is 0.588. The Balaban J connectivity index is 2.16. The van der Waals surface area contributed by atoms with Crippen molar-refractivity contribution in [2.24, 2.45) is 11.3 Å². The maximum absolute atomic E-state index is 12.7. The monoisotopic (exact) mass is 274 g/mol. The molecule has 110 valence electrons. The summed E-state index contributed by atoms with van der Waals surface area (Å²) in [6.07, 6.45) is 5.28. The number of nitrogens with two attached hydrogens (primary N) is 1. The Morgan fingerprint density at radius 2 is 2.00 bits per heavy atom. The van der Waals surface area contributed by atoms with Crippen LogP contribution in [0.25, 0.3) is 0 Å². The average Bonchev–Trinajstić information content (AvgIpc) is 2.81. The molecule has 0 saturated heterocycles. The van der Waals surface area contributed by atoms with Crippen LogP contribution >= 0.6 is 0 Å². The van der Waals surface area contributed by atoms with Crippen LogP contribution in [0.1, 0.15) is 51.5 Å². The molecular weight excluding hydrogens is 248 g/mol. The van der Waals surface area contributed by atoms with Gasteiger partial charge in [-0.05, 0) is 49.8 Å². The summed E-state index contributed by atoms with van der Waals surface area (Å²) in [7, 11) is 0. The van der Waals surface area contributed by atoms with Crippen molar-refractivity contribution in [3.8, 4) is 0 Å². The smallest absolute Gasteiger partial charge is 0.230 e. The molecule has 0 aliphatic heterocycles. The zero-order chi connectivity index (χ0) is 14.8. The molecule has 1 aromatic carbocycles. The Kier molecular flexibility index (Phi) is 4.36. The van der Waals surface area contributed by atoms with E-state index in [1.807, 2.05) is 25.1 Å². The van der Waals surface area contributed by atoms with Gasteiger partial charge in [-0.25, -0.2) is 0 Å². The number of amides is 1. The minimum absolute atomic E-state index is 0.152. The van der Waals surface area contributed by atoms with Gasteiger partial charge in [-0.15, -0.1) is 0 Å². The number of carbonyl (C=O) groups is 1. The fourth-order valence-corrected chi connectivity index (χ4v) is 3.41. The topological polar surface area (TPSA) is 55.1 Å². The van der Waals surface area contributed by atoms with E-state index in [2.05, 4.69) is 19.2 Å². The molecule has 20 heavy (non-hydrogen) atoms. The summed E-state index contributed by atoms with van der Waals surface area (Å²) in [5, 5.41) is 3.06. The zero-order valence-electron chi connectivity index (χ0n) is 12.8. The predicted octanol–water partition coefficient (Wildman–Crippen LogP) is 4.12. The fourth-order valence-electron chi connectivity index (χ4n) is 3.41. The third kappa shape index (κ3) is 3.14. The third-order valence-corrected chi connectivity index (χ3v) is 4.30. The second-order valence-electron chi connectivity index (χ2n) is 6.63. The van der Waals surface area contributed by atoms with Crippen molar-refractivity contribution in [3.63, 3.8) is 0 Å². The molecule has 1 aliphatic rings. The first kappa shape index (κ1) is 14.9. The van der Waals surface area contributed by atoms with E-state index < -0.39 is 0 Å². The molecular formula is C17H26N2O. The van der Waals surface area contributed by atoms with Gasteiger partial charge in [-0.1, -0.05) is 32.8 Å². The first-order chi connectivity index (χ1) is 9.43. The summed E-state index contributed by atoms with van der Waals surface area (Å²) in [5.41, 5.74) is 8.31. The third-order valence-electron chi connectivity index (χ3n) is 4.30. The highest BCUT2D eigenvalue weighted by molar-refractivity contribution is 5.97. The lowest BCUT2D eigenvalue weighted by molar-refractivity contribution is -0.126. The molecule has 2 rings (SSSR count). The summed E-state index contributed by atoms with van der Waals surface area (Å²) < 4.78 is 0. The quantitative estimate of drug-likeness (QED) is 0.811. The number of rotatable bonds is 4. The molecule has 0 bridgehead atoms. The Hall–Kier alpha value is -1.51. The van der Waals surface area contributed by atoms with E-state index >= 15 is 0 Å². The largest absolute Gasteiger partial charge is 0.397 e. The van der Waals surface area contributed by atoms with Crippen LogP contribution in [0.3, 0.4) is 0 Å². The Labute approximate surface area is 121 Å². The van der Waals surface area contributed by atoms with Gasteiger partial charge >= 0.3 is 0 Å². The SMILES string of the molecule is Cc1ccc(NC(=O)C2(CC(C)C)CCCC2)c(N)c1. The minimum Gasteiger partial charge on any atom is -0.397 e. The number of aryl methyl sites for hydroxylation is 1. The molecule has 1 aliphatic carbocycles. The summed E-state index contributed by atoms with van der Waals surface area (Å²) in [5.74, 6) is 0.688. The summed E-state index contributed by atoms with van der Waals surface area (Å²) in [6, 6.07) is 5.79. The second-order valence-corrected chi connectivity index (χ2v) is 6.63. The normalized spacial score (nSPS) is 17.4. The van der Waals surface area contributed by atoms with E-state index in [-0.39, 0.29) is 11.3 Å². The zero-order valence-corrected chi connectivity index (χ0v) is 12.8. The van der Waals surface area contributed by atoms with Gasteiger partial charge in [-0.3, -0.25) is 4.79 Å². The number of benzene rings is 1. The molecule has 0 heterocycles. The van der Waals surface area contributed by atoms with Crippen LogP contribution < -0.4 is 11.1 Å². The number of hydrogen-bond acceptors (Lipinski definition) is 2. The lowest BCUT2D eigenvalue weighted by atomic mass is 9.77. The van der Waals surface area contributed by atoms with Gasteiger partial charge in [0.15, 0.2) is 0 Å². The molecule has 0 unspecified atom stereocenters. The van der Waals surface area contributed by atoms with Gasteiger partial charge in [0.05, 0.1) is 11.4 Å². The van der Waals surface area contributed by atoms with Crippen LogP contribution in [-0.2, 0) is 4.79 Å². The van der Waals surface area contributed by atoms with Crippen LogP contribution in [0, 0.1) is 18.3 Å². The van der Waals surface area contributed by atoms with E-state index in [9.17, 15) is 4.79 Å². The Morgan fingerprint density at radius 3 is 2.55 bits per heavy atom. The van der Waals surface area contributed by atoms with Crippen molar-refractivity contribution in [1.82, 2.24) is 0 Å². The highest BCUT2D eigenvalue weighted by atomic mass is 16.2. The van der Waals surface area contributed by atoms with Gasteiger partial charge < -0.3 is 11.1 Å². The predicted molar refractivity (Wildman–Crippen MR) is 84.6 cm³/mol. The van der Waals surface area contributed by atoms with E-state index in [0.29, 0.717) is 11.6 Å². The Morgan fingerprint density at radius 1 is 1.35 bits per heavy atom.